The fourth-order valence-electron chi connectivity index (χ4n) is 2.81. The summed E-state index contributed by atoms with van der Waals surface area (Å²) >= 11 is 0. The van der Waals surface area contributed by atoms with Gasteiger partial charge in [0.25, 0.3) is 5.91 Å². The Kier molecular flexibility index (Phi) is 5.24. The molecule has 4 rings (SSSR count). The molecule has 0 unspecified atom stereocenters. The minimum absolute atomic E-state index is 0.213. The van der Waals surface area contributed by atoms with Crippen LogP contribution in [0.2, 0.25) is 0 Å². The van der Waals surface area contributed by atoms with Crippen LogP contribution in [0.5, 0.6) is 5.75 Å². The number of hydrogen-bond acceptors (Lipinski definition) is 5. The Morgan fingerprint density at radius 3 is 2.83 bits per heavy atom. The van der Waals surface area contributed by atoms with Crippen molar-refractivity contribution in [1.82, 2.24) is 9.97 Å². The van der Waals surface area contributed by atoms with E-state index in [0.29, 0.717) is 46.5 Å². The van der Waals surface area contributed by atoms with Gasteiger partial charge in [0.05, 0.1) is 12.2 Å². The molecular weight excluding hydrogens is 366 g/mol. The number of oxazole rings is 1. The zero-order chi connectivity index (χ0) is 20.2. The van der Waals surface area contributed by atoms with Gasteiger partial charge in [-0.2, -0.15) is 0 Å². The first-order valence-corrected chi connectivity index (χ1v) is 9.44. The second kappa shape index (κ2) is 8.14. The maximum Gasteiger partial charge on any atom is 0.255 e. The van der Waals surface area contributed by atoms with Crippen molar-refractivity contribution in [2.24, 2.45) is 5.92 Å². The molecule has 29 heavy (non-hydrogen) atoms. The van der Waals surface area contributed by atoms with Crippen molar-refractivity contribution in [3.8, 4) is 17.2 Å². The van der Waals surface area contributed by atoms with Crippen molar-refractivity contribution < 1.29 is 13.9 Å². The summed E-state index contributed by atoms with van der Waals surface area (Å²) in [6, 6.07) is 16.2. The van der Waals surface area contributed by atoms with Crippen molar-refractivity contribution in [2.75, 3.05) is 11.9 Å². The number of aromatic nitrogens is 2. The Morgan fingerprint density at radius 1 is 1.14 bits per heavy atom. The highest BCUT2D eigenvalue weighted by Gasteiger charge is 2.11. The SMILES string of the molecule is CC(C)COc1cccc(C(=O)Nc2ccc3oc(-c4cccnc4)nc3c2)c1. The lowest BCUT2D eigenvalue weighted by Crippen LogP contribution is -2.12. The minimum Gasteiger partial charge on any atom is -0.493 e. The van der Waals surface area contributed by atoms with Gasteiger partial charge in [-0.15, -0.1) is 0 Å². The molecule has 0 aliphatic heterocycles. The molecule has 0 aliphatic rings. The van der Waals surface area contributed by atoms with Crippen molar-refractivity contribution >= 4 is 22.7 Å². The molecule has 0 saturated heterocycles. The predicted molar refractivity (Wildman–Crippen MR) is 112 cm³/mol. The Bertz CT molecular complexity index is 1140. The number of nitrogens with zero attached hydrogens (tertiary/aromatic N) is 2. The maximum atomic E-state index is 12.6. The van der Waals surface area contributed by atoms with Gasteiger partial charge in [-0.1, -0.05) is 19.9 Å². The van der Waals surface area contributed by atoms with E-state index < -0.39 is 0 Å². The summed E-state index contributed by atoms with van der Waals surface area (Å²) in [6.45, 7) is 4.76. The number of rotatable bonds is 6. The third kappa shape index (κ3) is 4.43. The van der Waals surface area contributed by atoms with Gasteiger partial charge >= 0.3 is 0 Å². The molecule has 6 nitrogen and oxygen atoms in total. The fourth-order valence-corrected chi connectivity index (χ4v) is 2.81. The lowest BCUT2D eigenvalue weighted by molar-refractivity contribution is 0.102. The van der Waals surface area contributed by atoms with Crippen LogP contribution < -0.4 is 10.1 Å². The lowest BCUT2D eigenvalue weighted by Gasteiger charge is -2.10. The normalized spacial score (nSPS) is 11.0. The Balaban J connectivity index is 1.52. The molecule has 6 heteroatoms. The van der Waals surface area contributed by atoms with Gasteiger partial charge in [0, 0.05) is 23.6 Å². The molecular formula is C23H21N3O3. The molecule has 4 aromatic rings. The lowest BCUT2D eigenvalue weighted by atomic mass is 10.2. The van der Waals surface area contributed by atoms with Gasteiger partial charge in [-0.3, -0.25) is 9.78 Å². The van der Waals surface area contributed by atoms with Crippen molar-refractivity contribution in [1.29, 1.82) is 0 Å². The van der Waals surface area contributed by atoms with Crippen LogP contribution in [0.4, 0.5) is 5.69 Å². The van der Waals surface area contributed by atoms with Crippen molar-refractivity contribution in [2.45, 2.75) is 13.8 Å². The number of anilines is 1. The van der Waals surface area contributed by atoms with E-state index in [0.717, 1.165) is 5.56 Å². The molecule has 0 bridgehead atoms. The topological polar surface area (TPSA) is 77.2 Å². The predicted octanol–water partition coefficient (Wildman–Crippen LogP) is 5.18. The average Bonchev–Trinajstić information content (AvgIpc) is 3.16. The van der Waals surface area contributed by atoms with E-state index in [-0.39, 0.29) is 5.91 Å². The van der Waals surface area contributed by atoms with E-state index in [1.807, 2.05) is 24.3 Å². The summed E-state index contributed by atoms with van der Waals surface area (Å²) in [7, 11) is 0. The Hall–Kier alpha value is -3.67. The fraction of sp³-hybridized carbons (Fsp3) is 0.174. The highest BCUT2D eigenvalue weighted by atomic mass is 16.5. The van der Waals surface area contributed by atoms with E-state index in [2.05, 4.69) is 29.1 Å². The first-order chi connectivity index (χ1) is 14.1. The van der Waals surface area contributed by atoms with Crippen LogP contribution in [0.15, 0.2) is 71.4 Å². The first kappa shape index (κ1) is 18.7. The van der Waals surface area contributed by atoms with E-state index >= 15 is 0 Å². The molecule has 0 fully saturated rings. The molecule has 2 heterocycles. The molecule has 0 radical (unpaired) electrons. The van der Waals surface area contributed by atoms with Crippen LogP contribution in [-0.2, 0) is 0 Å². The summed E-state index contributed by atoms with van der Waals surface area (Å²) in [4.78, 5) is 21.2. The zero-order valence-corrected chi connectivity index (χ0v) is 16.3. The zero-order valence-electron chi connectivity index (χ0n) is 16.3. The largest absolute Gasteiger partial charge is 0.493 e. The number of pyridine rings is 1. The van der Waals surface area contributed by atoms with Gasteiger partial charge in [0.1, 0.15) is 11.3 Å². The van der Waals surface area contributed by atoms with Crippen molar-refractivity contribution in [3.63, 3.8) is 0 Å². The quantitative estimate of drug-likeness (QED) is 0.493. The monoisotopic (exact) mass is 387 g/mol. The van der Waals surface area contributed by atoms with Crippen LogP contribution >= 0.6 is 0 Å². The summed E-state index contributed by atoms with van der Waals surface area (Å²) < 4.78 is 11.5. The highest BCUT2D eigenvalue weighted by Crippen LogP contribution is 2.26. The third-order valence-electron chi connectivity index (χ3n) is 4.23. The summed E-state index contributed by atoms with van der Waals surface area (Å²) in [6.07, 6.45) is 3.39. The number of ether oxygens (including phenoxy) is 1. The molecule has 0 aliphatic carbocycles. The molecule has 1 N–H and O–H groups in total. The number of hydrogen-bond donors (Lipinski definition) is 1. The van der Waals surface area contributed by atoms with Crippen LogP contribution in [0, 0.1) is 5.92 Å². The summed E-state index contributed by atoms with van der Waals surface area (Å²) in [5, 5.41) is 2.90. The third-order valence-corrected chi connectivity index (χ3v) is 4.23. The number of benzene rings is 2. The van der Waals surface area contributed by atoms with Gasteiger partial charge < -0.3 is 14.5 Å². The second-order valence-electron chi connectivity index (χ2n) is 7.13. The molecule has 1 amide bonds. The average molecular weight is 387 g/mol. The molecule has 0 saturated carbocycles. The number of amides is 1. The van der Waals surface area contributed by atoms with Crippen LogP contribution in [0.1, 0.15) is 24.2 Å². The van der Waals surface area contributed by atoms with Gasteiger partial charge in [-0.25, -0.2) is 4.98 Å². The van der Waals surface area contributed by atoms with Crippen LogP contribution in [0.3, 0.4) is 0 Å². The second-order valence-corrected chi connectivity index (χ2v) is 7.13. The number of carbonyl (C=O) groups is 1. The van der Waals surface area contributed by atoms with Crippen LogP contribution in [0.25, 0.3) is 22.6 Å². The Labute approximate surface area is 168 Å². The number of fused-ring (bicyclic) bond motifs is 1. The highest BCUT2D eigenvalue weighted by molar-refractivity contribution is 6.05. The van der Waals surface area contributed by atoms with E-state index in [9.17, 15) is 4.79 Å². The maximum absolute atomic E-state index is 12.6. The smallest absolute Gasteiger partial charge is 0.255 e. The summed E-state index contributed by atoms with van der Waals surface area (Å²) in [5.41, 5.74) is 3.28. The Morgan fingerprint density at radius 2 is 2.03 bits per heavy atom. The van der Waals surface area contributed by atoms with Crippen molar-refractivity contribution in [3.05, 3.63) is 72.6 Å². The first-order valence-electron chi connectivity index (χ1n) is 9.44. The van der Waals surface area contributed by atoms with Gasteiger partial charge in [-0.05, 0) is 54.4 Å². The van der Waals surface area contributed by atoms with Gasteiger partial charge in [0.2, 0.25) is 5.89 Å². The van der Waals surface area contributed by atoms with Gasteiger partial charge in [0.15, 0.2) is 5.58 Å². The number of carbonyl (C=O) groups excluding carboxylic acids is 1. The van der Waals surface area contributed by atoms with Crippen LogP contribution in [-0.4, -0.2) is 22.5 Å². The minimum atomic E-state index is -0.213. The molecule has 0 atom stereocenters. The molecule has 0 spiro atoms. The molecule has 146 valence electrons. The molecule has 2 aromatic heterocycles. The van der Waals surface area contributed by atoms with E-state index in [4.69, 9.17) is 9.15 Å². The van der Waals surface area contributed by atoms with E-state index in [1.54, 1.807) is 42.7 Å². The molecule has 2 aromatic carbocycles. The van der Waals surface area contributed by atoms with E-state index in [1.165, 1.54) is 0 Å². The number of nitrogens with one attached hydrogen (secondary N) is 1. The standard InChI is InChI=1S/C23H21N3O3/c1-15(2)14-28-19-7-3-5-16(11-19)22(27)25-18-8-9-21-20(12-18)26-23(29-21)17-6-4-10-24-13-17/h3-13,15H,14H2,1-2H3,(H,25,27). The summed E-state index contributed by atoms with van der Waals surface area (Å²) in [5.74, 6) is 1.37.